The van der Waals surface area contributed by atoms with Crippen LogP contribution in [0.5, 0.6) is 23.0 Å². The number of phenols is 1. The molecule has 0 atom stereocenters. The number of ether oxygens (including phenoxy) is 3. The van der Waals surface area contributed by atoms with Gasteiger partial charge in [0.15, 0.2) is 34.6 Å². The van der Waals surface area contributed by atoms with Gasteiger partial charge in [0.05, 0.1) is 27.1 Å². The number of aromatic hydroxyl groups is 1. The molecule has 0 bridgehead atoms. The Balaban J connectivity index is 1.96. The molecule has 0 spiro atoms. The number of carbonyl (C=O) groups is 4. The molecule has 0 fully saturated rings. The fourth-order valence-corrected chi connectivity index (χ4v) is 2.79. The number of hydrogen-bond donors (Lipinski definition) is 1. The summed E-state index contributed by atoms with van der Waals surface area (Å²) in [6.07, 6.45) is 5.37. The first-order valence-electron chi connectivity index (χ1n) is 10.4. The standard InChI is InChI=1S/C26H26O8/c1-17(27)4-13-26(31)34-23-12-8-19(15-25(23)33-3)6-10-21(29)16-20(28)9-5-18-7-11-22(30)24(14-18)32-2/h5-12,14-15,30H,4,13,16H2,1-3H3/b9-5+,10-6+. The van der Waals surface area contributed by atoms with Crippen molar-refractivity contribution < 1.29 is 38.5 Å². The maximum absolute atomic E-state index is 12.2. The molecule has 178 valence electrons. The summed E-state index contributed by atoms with van der Waals surface area (Å²) in [6, 6.07) is 9.36. The van der Waals surface area contributed by atoms with E-state index in [-0.39, 0.29) is 53.8 Å². The van der Waals surface area contributed by atoms with Crippen molar-refractivity contribution in [3.63, 3.8) is 0 Å². The van der Waals surface area contributed by atoms with Crippen molar-refractivity contribution in [3.8, 4) is 23.0 Å². The van der Waals surface area contributed by atoms with E-state index in [0.717, 1.165) is 0 Å². The third kappa shape index (κ3) is 8.38. The predicted octanol–water partition coefficient (Wildman–Crippen LogP) is 3.94. The molecular weight excluding hydrogens is 440 g/mol. The highest BCUT2D eigenvalue weighted by Gasteiger charge is 2.12. The van der Waals surface area contributed by atoms with Crippen LogP contribution in [0, 0.1) is 0 Å². The van der Waals surface area contributed by atoms with Gasteiger partial charge < -0.3 is 24.1 Å². The first kappa shape index (κ1) is 26.1. The van der Waals surface area contributed by atoms with E-state index in [9.17, 15) is 24.3 Å². The molecule has 2 aromatic carbocycles. The smallest absolute Gasteiger partial charge is 0.311 e. The summed E-state index contributed by atoms with van der Waals surface area (Å²) in [4.78, 5) is 47.1. The van der Waals surface area contributed by atoms with Gasteiger partial charge in [-0.1, -0.05) is 24.3 Å². The third-order valence-corrected chi connectivity index (χ3v) is 4.57. The van der Waals surface area contributed by atoms with E-state index >= 15 is 0 Å². The van der Waals surface area contributed by atoms with Crippen LogP contribution in [-0.2, 0) is 19.2 Å². The monoisotopic (exact) mass is 466 g/mol. The normalized spacial score (nSPS) is 10.9. The average molecular weight is 466 g/mol. The van der Waals surface area contributed by atoms with Crippen molar-refractivity contribution in [1.29, 1.82) is 0 Å². The largest absolute Gasteiger partial charge is 0.504 e. The maximum atomic E-state index is 12.2. The van der Waals surface area contributed by atoms with E-state index in [0.29, 0.717) is 11.1 Å². The molecule has 8 nitrogen and oxygen atoms in total. The van der Waals surface area contributed by atoms with Crippen LogP contribution >= 0.6 is 0 Å². The van der Waals surface area contributed by atoms with Crippen LogP contribution in [0.15, 0.2) is 48.6 Å². The number of benzene rings is 2. The van der Waals surface area contributed by atoms with Crippen LogP contribution in [0.2, 0.25) is 0 Å². The number of Topliss-reactive ketones (excluding diaryl/α,β-unsaturated/α-hetero) is 1. The maximum Gasteiger partial charge on any atom is 0.311 e. The molecule has 2 aromatic rings. The number of esters is 1. The van der Waals surface area contributed by atoms with Gasteiger partial charge in [0.1, 0.15) is 5.78 Å². The lowest BCUT2D eigenvalue weighted by Gasteiger charge is -2.09. The molecule has 0 aromatic heterocycles. The zero-order chi connectivity index (χ0) is 25.1. The Morgan fingerprint density at radius 1 is 0.794 bits per heavy atom. The minimum absolute atomic E-state index is 0.0119. The lowest BCUT2D eigenvalue weighted by molar-refractivity contribution is -0.136. The van der Waals surface area contributed by atoms with Gasteiger partial charge in [0, 0.05) is 6.42 Å². The number of ketones is 3. The van der Waals surface area contributed by atoms with Gasteiger partial charge in [0.2, 0.25) is 0 Å². The summed E-state index contributed by atoms with van der Waals surface area (Å²) in [7, 11) is 2.83. The molecule has 2 rings (SSSR count). The Morgan fingerprint density at radius 3 is 1.91 bits per heavy atom. The van der Waals surface area contributed by atoms with E-state index < -0.39 is 11.8 Å². The van der Waals surface area contributed by atoms with Gasteiger partial charge in [0.25, 0.3) is 0 Å². The SMILES string of the molecule is COc1cc(/C=C/C(=O)CC(=O)/C=C/c2ccc(OC(=O)CCC(C)=O)c(OC)c2)ccc1O. The van der Waals surface area contributed by atoms with Crippen LogP contribution in [0.25, 0.3) is 12.2 Å². The van der Waals surface area contributed by atoms with Gasteiger partial charge in [-0.05, 0) is 54.5 Å². The van der Waals surface area contributed by atoms with Crippen LogP contribution in [0.1, 0.15) is 37.3 Å². The molecule has 8 heteroatoms. The summed E-state index contributed by atoms with van der Waals surface area (Å²) in [5.74, 6) is -0.681. The summed E-state index contributed by atoms with van der Waals surface area (Å²) in [6.45, 7) is 1.40. The number of hydrogen-bond acceptors (Lipinski definition) is 8. The molecule has 0 saturated heterocycles. The Labute approximate surface area is 197 Å². The topological polar surface area (TPSA) is 116 Å². The average Bonchev–Trinajstić information content (AvgIpc) is 2.81. The molecule has 0 heterocycles. The van der Waals surface area contributed by atoms with Gasteiger partial charge >= 0.3 is 5.97 Å². The highest BCUT2D eigenvalue weighted by Crippen LogP contribution is 2.29. The number of allylic oxidation sites excluding steroid dienone is 2. The quantitative estimate of drug-likeness (QED) is 0.216. The van der Waals surface area contributed by atoms with Gasteiger partial charge in [-0.3, -0.25) is 14.4 Å². The number of carbonyl (C=O) groups excluding carboxylic acids is 4. The zero-order valence-electron chi connectivity index (χ0n) is 19.2. The number of rotatable bonds is 12. The Hall–Kier alpha value is -4.20. The molecule has 0 amide bonds. The van der Waals surface area contributed by atoms with Crippen LogP contribution in [0.4, 0.5) is 0 Å². The summed E-state index contributed by atoms with van der Waals surface area (Å²) >= 11 is 0. The van der Waals surface area contributed by atoms with E-state index in [4.69, 9.17) is 14.2 Å². The molecule has 34 heavy (non-hydrogen) atoms. The van der Waals surface area contributed by atoms with E-state index in [1.807, 2.05) is 0 Å². The van der Waals surface area contributed by atoms with Gasteiger partial charge in [-0.2, -0.15) is 0 Å². The summed E-state index contributed by atoms with van der Waals surface area (Å²) < 4.78 is 15.5. The van der Waals surface area contributed by atoms with Crippen molar-refractivity contribution in [2.75, 3.05) is 14.2 Å². The van der Waals surface area contributed by atoms with E-state index in [1.165, 1.54) is 57.6 Å². The minimum Gasteiger partial charge on any atom is -0.504 e. The lowest BCUT2D eigenvalue weighted by Crippen LogP contribution is -2.10. The molecule has 0 aliphatic heterocycles. The molecule has 1 N–H and O–H groups in total. The Morgan fingerprint density at radius 2 is 1.35 bits per heavy atom. The summed E-state index contributed by atoms with van der Waals surface area (Å²) in [5.41, 5.74) is 1.24. The minimum atomic E-state index is -0.552. The van der Waals surface area contributed by atoms with Gasteiger partial charge in [-0.15, -0.1) is 0 Å². The van der Waals surface area contributed by atoms with Crippen molar-refractivity contribution in [2.24, 2.45) is 0 Å². The fourth-order valence-electron chi connectivity index (χ4n) is 2.79. The second-order valence-electron chi connectivity index (χ2n) is 7.29. The summed E-state index contributed by atoms with van der Waals surface area (Å²) in [5, 5.41) is 9.60. The van der Waals surface area contributed by atoms with Crippen LogP contribution < -0.4 is 14.2 Å². The van der Waals surface area contributed by atoms with Crippen molar-refractivity contribution >= 4 is 35.5 Å². The van der Waals surface area contributed by atoms with Gasteiger partial charge in [-0.25, -0.2) is 0 Å². The van der Waals surface area contributed by atoms with E-state index in [2.05, 4.69) is 0 Å². The molecule has 0 radical (unpaired) electrons. The van der Waals surface area contributed by atoms with Crippen LogP contribution in [0.3, 0.4) is 0 Å². The molecule has 0 aliphatic rings. The van der Waals surface area contributed by atoms with E-state index in [1.54, 1.807) is 24.3 Å². The molecule has 0 saturated carbocycles. The second-order valence-corrected chi connectivity index (χ2v) is 7.29. The Bertz CT molecular complexity index is 1130. The molecule has 0 unspecified atom stereocenters. The Kier molecular flexibility index (Phi) is 9.76. The highest BCUT2D eigenvalue weighted by atomic mass is 16.6. The van der Waals surface area contributed by atoms with Crippen molar-refractivity contribution in [3.05, 3.63) is 59.7 Å². The third-order valence-electron chi connectivity index (χ3n) is 4.57. The number of methoxy groups -OCH3 is 2. The van der Waals surface area contributed by atoms with Crippen molar-refractivity contribution in [1.82, 2.24) is 0 Å². The van der Waals surface area contributed by atoms with Crippen molar-refractivity contribution in [2.45, 2.75) is 26.2 Å². The lowest BCUT2D eigenvalue weighted by atomic mass is 10.1. The zero-order valence-corrected chi connectivity index (χ0v) is 19.2. The fraction of sp³-hybridized carbons (Fsp3) is 0.231. The predicted molar refractivity (Wildman–Crippen MR) is 126 cm³/mol. The number of phenolic OH excluding ortho intramolecular Hbond substituents is 1. The highest BCUT2D eigenvalue weighted by molar-refractivity contribution is 6.10. The van der Waals surface area contributed by atoms with Crippen LogP contribution in [-0.4, -0.2) is 42.6 Å². The molecular formula is C26H26O8. The molecule has 0 aliphatic carbocycles. The first-order chi connectivity index (χ1) is 16.2. The first-order valence-corrected chi connectivity index (χ1v) is 10.4. The second kappa shape index (κ2) is 12.7.